The van der Waals surface area contributed by atoms with E-state index in [1.807, 2.05) is 39.5 Å². The number of hydrogen-bond donors (Lipinski definition) is 1. The third kappa shape index (κ3) is 5.18. The number of nitrogens with zero attached hydrogens (tertiary/aromatic N) is 5. The van der Waals surface area contributed by atoms with E-state index in [2.05, 4.69) is 16.5 Å². The molecular weight excluding hydrogens is 685 g/mol. The number of aromatic nitrogens is 3. The summed E-state index contributed by atoms with van der Waals surface area (Å²) in [6, 6.07) is 1.64. The summed E-state index contributed by atoms with van der Waals surface area (Å²) < 4.78 is 39.9. The van der Waals surface area contributed by atoms with E-state index < -0.39 is 28.3 Å². The summed E-state index contributed by atoms with van der Waals surface area (Å²) in [5, 5.41) is -0.581. The molecule has 1 fully saturated rings. The number of pyridine rings is 1. The molecule has 0 bridgehead atoms. The van der Waals surface area contributed by atoms with Gasteiger partial charge in [-0.15, -0.1) is 0 Å². The first-order chi connectivity index (χ1) is 22.7. The molecule has 2 N–H and O–H groups in total. The Morgan fingerprint density at radius 3 is 2.29 bits per heavy atom. The topological polar surface area (TPSA) is 107 Å². The van der Waals surface area contributed by atoms with Gasteiger partial charge in [0, 0.05) is 35.6 Å². The van der Waals surface area contributed by atoms with Crippen LogP contribution in [0, 0.1) is 11.6 Å². The minimum atomic E-state index is -1.03. The predicted molar refractivity (Wildman–Crippen MR) is 186 cm³/mol. The molecule has 48 heavy (non-hydrogen) atoms. The van der Waals surface area contributed by atoms with Crippen molar-refractivity contribution < 1.29 is 18.3 Å². The molecule has 2 aromatic heterocycles. The average Bonchev–Trinajstić information content (AvgIpc) is 3.04. The van der Waals surface area contributed by atoms with Crippen molar-refractivity contribution in [3.63, 3.8) is 0 Å². The highest BCUT2D eigenvalue weighted by Crippen LogP contribution is 2.49. The monoisotopic (exact) mass is 716 g/mol. The van der Waals surface area contributed by atoms with Crippen LogP contribution in [0.4, 0.5) is 20.2 Å². The predicted octanol–water partition coefficient (Wildman–Crippen LogP) is 7.50. The standard InChI is InChI=1S/C34H33Cl3F2N6O3/c1-7-22(46)43-11-17-12-48-33-31(44(17)10-16(43)6)18-8-21(38)23(24-26(39)19(35)9-20(36)27(24)40)25(37)30(18)45(34(33)47)32-28(14(2)3)41-13-42-29(32)15(4)5/h7-9,13-17H,1,10-12,40H2,2-6H3. The number of fused-ring (bicyclic) bond motifs is 5. The van der Waals surface area contributed by atoms with Gasteiger partial charge in [0.15, 0.2) is 5.82 Å². The molecular formula is C34H33Cl3F2N6O3. The van der Waals surface area contributed by atoms with Crippen molar-refractivity contribution in [3.8, 4) is 22.6 Å². The Labute approximate surface area is 290 Å². The van der Waals surface area contributed by atoms with E-state index in [0.29, 0.717) is 29.3 Å². The Bertz CT molecular complexity index is 2030. The van der Waals surface area contributed by atoms with Crippen molar-refractivity contribution in [1.82, 2.24) is 19.4 Å². The van der Waals surface area contributed by atoms with E-state index in [0.717, 1.165) is 6.07 Å². The molecule has 14 heteroatoms. The van der Waals surface area contributed by atoms with Gasteiger partial charge in [-0.3, -0.25) is 14.2 Å². The molecule has 6 rings (SSSR count). The minimum Gasteiger partial charge on any atom is -0.484 e. The SMILES string of the molecule is C=CC(=O)N1CC2COc3c(c4cc(F)c(-c5c(N)c(Cl)cc(Cl)c5F)c(Cl)c4n(-c4c(C(C)C)ncnc4C(C)C)c3=O)N2CC1C. The zero-order valence-electron chi connectivity index (χ0n) is 26.9. The molecule has 0 aliphatic carbocycles. The van der Waals surface area contributed by atoms with E-state index in [4.69, 9.17) is 45.3 Å². The van der Waals surface area contributed by atoms with Crippen LogP contribution in [0.3, 0.4) is 0 Å². The van der Waals surface area contributed by atoms with Crippen LogP contribution in [0.25, 0.3) is 27.7 Å². The number of carbonyl (C=O) groups excluding carboxylic acids is 1. The lowest BCUT2D eigenvalue weighted by Crippen LogP contribution is -2.62. The fourth-order valence-electron chi connectivity index (χ4n) is 6.69. The van der Waals surface area contributed by atoms with Crippen LogP contribution in [0.5, 0.6) is 5.75 Å². The summed E-state index contributed by atoms with van der Waals surface area (Å²) in [4.78, 5) is 40.2. The van der Waals surface area contributed by atoms with Gasteiger partial charge in [-0.05, 0) is 37.0 Å². The summed E-state index contributed by atoms with van der Waals surface area (Å²) >= 11 is 19.6. The van der Waals surface area contributed by atoms with Crippen LogP contribution in [0.1, 0.15) is 57.8 Å². The smallest absolute Gasteiger partial charge is 0.300 e. The number of halogens is 5. The summed E-state index contributed by atoms with van der Waals surface area (Å²) in [6.07, 6.45) is 2.69. The van der Waals surface area contributed by atoms with E-state index in [9.17, 15) is 9.59 Å². The summed E-state index contributed by atoms with van der Waals surface area (Å²) in [6.45, 7) is 13.8. The molecule has 252 valence electrons. The molecule has 2 unspecified atom stereocenters. The quantitative estimate of drug-likeness (QED) is 0.130. The van der Waals surface area contributed by atoms with Crippen molar-refractivity contribution in [3.05, 3.63) is 79.6 Å². The Balaban J connectivity index is 1.79. The van der Waals surface area contributed by atoms with Gasteiger partial charge in [-0.2, -0.15) is 0 Å². The van der Waals surface area contributed by atoms with Gasteiger partial charge < -0.3 is 20.3 Å². The molecule has 2 aromatic carbocycles. The zero-order valence-corrected chi connectivity index (χ0v) is 29.1. The maximum atomic E-state index is 16.6. The molecule has 4 heterocycles. The Kier molecular flexibility index (Phi) is 8.85. The van der Waals surface area contributed by atoms with Crippen molar-refractivity contribution in [2.75, 3.05) is 30.3 Å². The summed E-state index contributed by atoms with van der Waals surface area (Å²) in [7, 11) is 0. The van der Waals surface area contributed by atoms with Gasteiger partial charge >= 0.3 is 0 Å². The molecule has 2 aliphatic rings. The fraction of sp³-hybridized carbons (Fsp3) is 0.353. The number of rotatable bonds is 5. The van der Waals surface area contributed by atoms with Crippen molar-refractivity contribution in [2.24, 2.45) is 0 Å². The molecule has 4 aromatic rings. The number of carbonyl (C=O) groups is 1. The lowest BCUT2D eigenvalue weighted by atomic mass is 9.96. The third-order valence-corrected chi connectivity index (χ3v) is 9.90. The van der Waals surface area contributed by atoms with Crippen molar-refractivity contribution in [1.29, 1.82) is 0 Å². The van der Waals surface area contributed by atoms with Gasteiger partial charge in [0.05, 0.1) is 55.1 Å². The highest BCUT2D eigenvalue weighted by atomic mass is 35.5. The first kappa shape index (κ1) is 34.0. The van der Waals surface area contributed by atoms with Crippen LogP contribution < -0.4 is 20.9 Å². The first-order valence-corrected chi connectivity index (χ1v) is 16.5. The Morgan fingerprint density at radius 1 is 1.04 bits per heavy atom. The van der Waals surface area contributed by atoms with Gasteiger partial charge in [0.2, 0.25) is 11.7 Å². The summed E-state index contributed by atoms with van der Waals surface area (Å²) in [5.41, 5.74) is 6.29. The second-order valence-corrected chi connectivity index (χ2v) is 13.9. The second kappa shape index (κ2) is 12.5. The average molecular weight is 718 g/mol. The van der Waals surface area contributed by atoms with Crippen LogP contribution >= 0.6 is 34.8 Å². The number of ether oxygens (including phenoxy) is 1. The first-order valence-electron chi connectivity index (χ1n) is 15.4. The molecule has 1 saturated heterocycles. The Hall–Kier alpha value is -3.93. The number of hydrogen-bond acceptors (Lipinski definition) is 7. The fourth-order valence-corrected chi connectivity index (χ4v) is 7.52. The number of benzene rings is 2. The molecule has 9 nitrogen and oxygen atoms in total. The lowest BCUT2D eigenvalue weighted by Gasteiger charge is -2.48. The Morgan fingerprint density at radius 2 is 1.69 bits per heavy atom. The molecule has 0 spiro atoms. The van der Waals surface area contributed by atoms with Gasteiger partial charge in [-0.1, -0.05) is 69.1 Å². The van der Waals surface area contributed by atoms with Crippen molar-refractivity contribution in [2.45, 2.75) is 58.5 Å². The van der Waals surface area contributed by atoms with Crippen LogP contribution in [0.2, 0.25) is 15.1 Å². The zero-order chi connectivity index (χ0) is 34.9. The molecule has 0 saturated carbocycles. The largest absolute Gasteiger partial charge is 0.484 e. The highest BCUT2D eigenvalue weighted by molar-refractivity contribution is 6.40. The number of anilines is 2. The van der Waals surface area contributed by atoms with E-state index in [1.54, 1.807) is 4.90 Å². The number of nitrogens with two attached hydrogens (primary N) is 1. The van der Waals surface area contributed by atoms with Gasteiger partial charge in [0.25, 0.3) is 5.56 Å². The molecule has 1 amide bonds. The second-order valence-electron chi connectivity index (χ2n) is 12.7. The summed E-state index contributed by atoms with van der Waals surface area (Å²) in [5.74, 6) is -2.59. The third-order valence-electron chi connectivity index (χ3n) is 8.95. The maximum absolute atomic E-state index is 16.6. The van der Waals surface area contributed by atoms with Crippen molar-refractivity contribution >= 4 is 63.0 Å². The normalized spacial score (nSPS) is 17.5. The molecule has 2 atom stereocenters. The highest BCUT2D eigenvalue weighted by Gasteiger charge is 2.41. The lowest BCUT2D eigenvalue weighted by molar-refractivity contribution is -0.129. The maximum Gasteiger partial charge on any atom is 0.300 e. The van der Waals surface area contributed by atoms with E-state index in [-0.39, 0.29) is 80.4 Å². The van der Waals surface area contributed by atoms with Crippen LogP contribution in [0.15, 0.2) is 35.9 Å². The van der Waals surface area contributed by atoms with Crippen LogP contribution in [-0.2, 0) is 4.79 Å². The number of piperazine rings is 1. The number of amides is 1. The number of nitrogen functional groups attached to an aromatic ring is 1. The van der Waals surface area contributed by atoms with Crippen LogP contribution in [-0.4, -0.2) is 57.1 Å². The minimum absolute atomic E-state index is 0.0255. The van der Waals surface area contributed by atoms with Gasteiger partial charge in [-0.25, -0.2) is 18.7 Å². The van der Waals surface area contributed by atoms with E-state index >= 15 is 8.78 Å². The van der Waals surface area contributed by atoms with E-state index in [1.165, 1.54) is 23.0 Å². The molecule has 2 aliphatic heterocycles. The molecule has 0 radical (unpaired) electrons. The van der Waals surface area contributed by atoms with Gasteiger partial charge in [0.1, 0.15) is 18.8 Å².